The number of benzene rings is 2. The van der Waals surface area contributed by atoms with Crippen molar-refractivity contribution in [3.05, 3.63) is 54.1 Å². The van der Waals surface area contributed by atoms with Gasteiger partial charge in [0.25, 0.3) is 5.91 Å². The number of anilines is 2. The highest BCUT2D eigenvalue weighted by molar-refractivity contribution is 6.10. The minimum Gasteiger partial charge on any atom is -0.497 e. The van der Waals surface area contributed by atoms with Crippen molar-refractivity contribution in [2.24, 2.45) is 11.8 Å². The molecule has 0 radical (unpaired) electrons. The normalized spacial score (nSPS) is 18.3. The van der Waals surface area contributed by atoms with E-state index in [2.05, 4.69) is 10.6 Å². The van der Waals surface area contributed by atoms with E-state index in [0.29, 0.717) is 55.2 Å². The van der Waals surface area contributed by atoms with Crippen LogP contribution in [0.4, 0.5) is 11.4 Å². The number of nitrogens with zero attached hydrogens (tertiary/aromatic N) is 2. The number of hydrogen-bond acceptors (Lipinski definition) is 5. The molecular weight excluding hydrogens is 484 g/mol. The van der Waals surface area contributed by atoms with Gasteiger partial charge in [-0.3, -0.25) is 19.2 Å². The molecule has 1 unspecified atom stereocenters. The van der Waals surface area contributed by atoms with Gasteiger partial charge in [-0.05, 0) is 70.0 Å². The van der Waals surface area contributed by atoms with Gasteiger partial charge >= 0.3 is 0 Å². The number of para-hydroxylation sites is 1. The summed E-state index contributed by atoms with van der Waals surface area (Å²) >= 11 is 0. The molecule has 9 heteroatoms. The second-order valence-electron chi connectivity index (χ2n) is 10.9. The number of ether oxygens (including phenoxy) is 1. The lowest BCUT2D eigenvalue weighted by Crippen LogP contribution is -2.46. The topological polar surface area (TPSA) is 108 Å². The second-order valence-corrected chi connectivity index (χ2v) is 10.9. The van der Waals surface area contributed by atoms with Gasteiger partial charge in [-0.1, -0.05) is 12.1 Å². The lowest BCUT2D eigenvalue weighted by molar-refractivity contribution is -0.138. The highest BCUT2D eigenvalue weighted by Gasteiger charge is 2.41. The zero-order chi connectivity index (χ0) is 27.4. The first-order valence-corrected chi connectivity index (χ1v) is 13.0. The van der Waals surface area contributed by atoms with Gasteiger partial charge in [0, 0.05) is 43.2 Å². The Kier molecular flexibility index (Phi) is 8.04. The number of rotatable bonds is 6. The van der Waals surface area contributed by atoms with Crippen LogP contribution in [0.15, 0.2) is 48.5 Å². The highest BCUT2D eigenvalue weighted by atomic mass is 16.5. The van der Waals surface area contributed by atoms with Gasteiger partial charge in [-0.2, -0.15) is 0 Å². The smallest absolute Gasteiger partial charge is 0.257 e. The standard InChI is InChI=1S/C29H36N4O5/c1-29(2,3)33-18-20(17-25(33)34)28(37)32-15-13-19(14-16-32)26(35)31-24-8-6-5-7-23(24)27(36)30-21-9-11-22(38-4)12-10-21/h5-12,19-20H,13-18H2,1-4H3,(H,30,36)(H,31,35). The molecule has 2 aliphatic rings. The molecule has 2 aromatic rings. The highest BCUT2D eigenvalue weighted by Crippen LogP contribution is 2.29. The van der Waals surface area contributed by atoms with E-state index in [9.17, 15) is 19.2 Å². The van der Waals surface area contributed by atoms with Crippen LogP contribution in [0.2, 0.25) is 0 Å². The van der Waals surface area contributed by atoms with Crippen LogP contribution in [0, 0.1) is 11.8 Å². The van der Waals surface area contributed by atoms with Gasteiger partial charge in [0.1, 0.15) is 5.75 Å². The maximum Gasteiger partial charge on any atom is 0.257 e. The number of methoxy groups -OCH3 is 1. The van der Waals surface area contributed by atoms with Gasteiger partial charge < -0.3 is 25.2 Å². The largest absolute Gasteiger partial charge is 0.497 e. The number of nitrogens with one attached hydrogen (secondary N) is 2. The third kappa shape index (κ3) is 6.15. The number of amides is 4. The van der Waals surface area contributed by atoms with Gasteiger partial charge in [0.15, 0.2) is 0 Å². The molecule has 2 saturated heterocycles. The molecule has 1 atom stereocenters. The molecule has 2 N–H and O–H groups in total. The molecule has 0 bridgehead atoms. The van der Waals surface area contributed by atoms with Crippen LogP contribution in [0.5, 0.6) is 5.75 Å². The van der Waals surface area contributed by atoms with Gasteiger partial charge in [-0.15, -0.1) is 0 Å². The molecule has 2 fully saturated rings. The van der Waals surface area contributed by atoms with Crippen LogP contribution in [-0.2, 0) is 14.4 Å². The average Bonchev–Trinajstić information content (AvgIpc) is 3.31. The molecule has 38 heavy (non-hydrogen) atoms. The van der Waals surface area contributed by atoms with Crippen LogP contribution >= 0.6 is 0 Å². The fraction of sp³-hybridized carbons (Fsp3) is 0.448. The molecule has 0 aromatic heterocycles. The minimum absolute atomic E-state index is 0.00972. The first-order chi connectivity index (χ1) is 18.1. The van der Waals surface area contributed by atoms with Crippen LogP contribution in [0.1, 0.15) is 50.4 Å². The summed E-state index contributed by atoms with van der Waals surface area (Å²) in [6.07, 6.45) is 1.30. The van der Waals surface area contributed by atoms with Crippen molar-refractivity contribution in [2.45, 2.75) is 45.6 Å². The van der Waals surface area contributed by atoms with Crippen LogP contribution in [0.3, 0.4) is 0 Å². The summed E-state index contributed by atoms with van der Waals surface area (Å²) < 4.78 is 5.15. The van der Waals surface area contributed by atoms with E-state index in [-0.39, 0.29) is 47.4 Å². The predicted octanol–water partition coefficient (Wildman–Crippen LogP) is 3.77. The molecule has 4 amide bonds. The Labute approximate surface area is 223 Å². The van der Waals surface area contributed by atoms with Crippen molar-refractivity contribution in [3.8, 4) is 5.75 Å². The fourth-order valence-electron chi connectivity index (χ4n) is 5.04. The van der Waals surface area contributed by atoms with Crippen LogP contribution in [0.25, 0.3) is 0 Å². The van der Waals surface area contributed by atoms with E-state index in [1.165, 1.54) is 0 Å². The van der Waals surface area contributed by atoms with E-state index >= 15 is 0 Å². The van der Waals surface area contributed by atoms with E-state index in [0.717, 1.165) is 0 Å². The van der Waals surface area contributed by atoms with Gasteiger partial charge in [0.05, 0.1) is 24.3 Å². The third-order valence-electron chi connectivity index (χ3n) is 7.24. The first kappa shape index (κ1) is 27.2. The number of carbonyl (C=O) groups is 4. The predicted molar refractivity (Wildman–Crippen MR) is 145 cm³/mol. The van der Waals surface area contributed by atoms with Crippen LogP contribution in [-0.4, -0.2) is 65.7 Å². The van der Waals surface area contributed by atoms with E-state index < -0.39 is 0 Å². The van der Waals surface area contributed by atoms with Crippen molar-refractivity contribution in [1.82, 2.24) is 9.80 Å². The SMILES string of the molecule is COc1ccc(NC(=O)c2ccccc2NC(=O)C2CCN(C(=O)C3CC(=O)N(C(C)(C)C)C3)CC2)cc1. The quantitative estimate of drug-likeness (QED) is 0.603. The van der Waals surface area contributed by atoms with Crippen molar-refractivity contribution < 1.29 is 23.9 Å². The molecule has 0 saturated carbocycles. The van der Waals surface area contributed by atoms with Crippen molar-refractivity contribution >= 4 is 35.0 Å². The molecule has 2 heterocycles. The van der Waals surface area contributed by atoms with Crippen LogP contribution < -0.4 is 15.4 Å². The summed E-state index contributed by atoms with van der Waals surface area (Å²) in [4.78, 5) is 55.1. The maximum atomic E-state index is 13.1. The molecule has 4 rings (SSSR count). The second kappa shape index (κ2) is 11.2. The molecule has 9 nitrogen and oxygen atoms in total. The Bertz CT molecular complexity index is 1200. The summed E-state index contributed by atoms with van der Waals surface area (Å²) in [6, 6.07) is 13.9. The Morgan fingerprint density at radius 1 is 0.921 bits per heavy atom. The maximum absolute atomic E-state index is 13.1. The number of likely N-dealkylation sites (tertiary alicyclic amines) is 2. The molecule has 0 aliphatic carbocycles. The lowest BCUT2D eigenvalue weighted by atomic mass is 9.94. The van der Waals surface area contributed by atoms with Crippen molar-refractivity contribution in [1.29, 1.82) is 0 Å². The molecule has 202 valence electrons. The summed E-state index contributed by atoms with van der Waals surface area (Å²) in [6.45, 7) is 7.30. The Morgan fingerprint density at radius 2 is 1.58 bits per heavy atom. The summed E-state index contributed by atoms with van der Waals surface area (Å²) in [5.41, 5.74) is 1.11. The lowest BCUT2D eigenvalue weighted by Gasteiger charge is -2.34. The third-order valence-corrected chi connectivity index (χ3v) is 7.24. The Balaban J connectivity index is 1.32. The van der Waals surface area contributed by atoms with Gasteiger partial charge in [-0.25, -0.2) is 0 Å². The monoisotopic (exact) mass is 520 g/mol. The van der Waals surface area contributed by atoms with E-state index in [1.807, 2.05) is 20.8 Å². The number of piperidine rings is 1. The minimum atomic E-state index is -0.332. The summed E-state index contributed by atoms with van der Waals surface area (Å²) in [5.74, 6) is -0.411. The van der Waals surface area contributed by atoms with Crippen molar-refractivity contribution in [2.75, 3.05) is 37.4 Å². The van der Waals surface area contributed by atoms with Gasteiger partial charge in [0.2, 0.25) is 17.7 Å². The Morgan fingerprint density at radius 3 is 2.18 bits per heavy atom. The number of carbonyl (C=O) groups excluding carboxylic acids is 4. The molecule has 0 spiro atoms. The molecule has 2 aliphatic heterocycles. The summed E-state index contributed by atoms with van der Waals surface area (Å²) in [5, 5.41) is 5.76. The molecule has 2 aromatic carbocycles. The zero-order valence-electron chi connectivity index (χ0n) is 22.5. The summed E-state index contributed by atoms with van der Waals surface area (Å²) in [7, 11) is 1.58. The average molecular weight is 521 g/mol. The van der Waals surface area contributed by atoms with E-state index in [4.69, 9.17) is 4.74 Å². The van der Waals surface area contributed by atoms with Crippen molar-refractivity contribution in [3.63, 3.8) is 0 Å². The first-order valence-electron chi connectivity index (χ1n) is 13.0. The Hall–Kier alpha value is -3.88. The fourth-order valence-corrected chi connectivity index (χ4v) is 5.04. The number of hydrogen-bond donors (Lipinski definition) is 2. The zero-order valence-corrected chi connectivity index (χ0v) is 22.5. The van der Waals surface area contributed by atoms with E-state index in [1.54, 1.807) is 65.4 Å². The molecular formula is C29H36N4O5.